The second kappa shape index (κ2) is 4.95. The zero-order valence-corrected chi connectivity index (χ0v) is 9.04. The van der Waals surface area contributed by atoms with Crippen LogP contribution in [0.25, 0.3) is 0 Å². The smallest absolute Gasteiger partial charge is 0.269 e. The fraction of sp³-hybridized carbons (Fsp3) is 0.333. The number of non-ortho nitro benzene ring substituents is 1. The summed E-state index contributed by atoms with van der Waals surface area (Å²) in [5.74, 6) is 2.37. The maximum Gasteiger partial charge on any atom is 0.269 e. The highest BCUT2D eigenvalue weighted by molar-refractivity contribution is 5.35. The van der Waals surface area contributed by atoms with E-state index < -0.39 is 4.92 Å². The molecule has 1 fully saturated rings. The van der Waals surface area contributed by atoms with Crippen LogP contribution >= 0.6 is 0 Å². The minimum absolute atomic E-state index is 0.00445. The van der Waals surface area contributed by atoms with Crippen LogP contribution in [0.3, 0.4) is 0 Å². The molecule has 0 radical (unpaired) electrons. The molecule has 1 aromatic carbocycles. The van der Waals surface area contributed by atoms with E-state index in [-0.39, 0.29) is 24.5 Å². The van der Waals surface area contributed by atoms with E-state index in [4.69, 9.17) is 15.9 Å². The molecule has 0 N–H and O–H groups in total. The summed E-state index contributed by atoms with van der Waals surface area (Å²) >= 11 is 0. The molecule has 1 aliphatic rings. The second-order valence-corrected chi connectivity index (χ2v) is 3.66. The average Bonchev–Trinajstić information content (AvgIpc) is 3.09. The molecule has 5 nitrogen and oxygen atoms in total. The molecule has 88 valence electrons. The summed E-state index contributed by atoms with van der Waals surface area (Å²) in [4.78, 5) is 10.0. The molecule has 1 aromatic rings. The van der Waals surface area contributed by atoms with E-state index in [1.54, 1.807) is 12.1 Å². The highest BCUT2D eigenvalue weighted by Crippen LogP contribution is 2.39. The van der Waals surface area contributed by atoms with Gasteiger partial charge in [-0.3, -0.25) is 10.1 Å². The number of rotatable bonds is 5. The Morgan fingerprint density at radius 1 is 1.47 bits per heavy atom. The maximum absolute atomic E-state index is 10.5. The zero-order valence-electron chi connectivity index (χ0n) is 9.04. The third-order valence-electron chi connectivity index (χ3n) is 2.48. The van der Waals surface area contributed by atoms with Gasteiger partial charge in [0.2, 0.25) is 0 Å². The van der Waals surface area contributed by atoms with Gasteiger partial charge in [-0.15, -0.1) is 6.42 Å². The molecular weight excluding hydrogens is 222 g/mol. The van der Waals surface area contributed by atoms with Crippen LogP contribution in [-0.4, -0.2) is 24.2 Å². The Hall–Kier alpha value is -1.90. The van der Waals surface area contributed by atoms with Crippen molar-refractivity contribution in [2.75, 3.05) is 13.2 Å². The zero-order chi connectivity index (χ0) is 12.3. The number of terminal acetylenes is 1. The van der Waals surface area contributed by atoms with Crippen LogP contribution in [0.1, 0.15) is 11.7 Å². The van der Waals surface area contributed by atoms with Crippen molar-refractivity contribution in [1.29, 1.82) is 0 Å². The highest BCUT2D eigenvalue weighted by Gasteiger charge is 2.40. The van der Waals surface area contributed by atoms with Crippen molar-refractivity contribution in [2.45, 2.75) is 12.2 Å². The van der Waals surface area contributed by atoms with E-state index in [0.717, 1.165) is 5.56 Å². The molecule has 0 saturated carbocycles. The predicted molar refractivity (Wildman–Crippen MR) is 60.4 cm³/mol. The lowest BCUT2D eigenvalue weighted by atomic mass is 10.1. The van der Waals surface area contributed by atoms with E-state index in [0.29, 0.717) is 6.61 Å². The molecule has 0 spiro atoms. The summed E-state index contributed by atoms with van der Waals surface area (Å²) in [7, 11) is 0. The third-order valence-corrected chi connectivity index (χ3v) is 2.48. The topological polar surface area (TPSA) is 64.9 Å². The van der Waals surface area contributed by atoms with Crippen molar-refractivity contribution in [3.05, 3.63) is 39.9 Å². The van der Waals surface area contributed by atoms with Crippen molar-refractivity contribution >= 4 is 5.69 Å². The SMILES string of the molecule is C#CCOC[C@H]1O[C@@H]1c1ccc([N+](=O)[O-])cc1. The van der Waals surface area contributed by atoms with Crippen molar-refractivity contribution in [1.82, 2.24) is 0 Å². The summed E-state index contributed by atoms with van der Waals surface area (Å²) < 4.78 is 10.5. The lowest BCUT2D eigenvalue weighted by Crippen LogP contribution is -2.02. The predicted octanol–water partition coefficient (Wildman–Crippen LogP) is 1.68. The molecule has 1 aliphatic heterocycles. The van der Waals surface area contributed by atoms with Crippen LogP contribution in [-0.2, 0) is 9.47 Å². The van der Waals surface area contributed by atoms with E-state index in [1.165, 1.54) is 12.1 Å². The molecule has 5 heteroatoms. The van der Waals surface area contributed by atoms with Gasteiger partial charge in [0.25, 0.3) is 5.69 Å². The van der Waals surface area contributed by atoms with Gasteiger partial charge in [0, 0.05) is 12.1 Å². The van der Waals surface area contributed by atoms with Gasteiger partial charge < -0.3 is 9.47 Å². The first-order valence-corrected chi connectivity index (χ1v) is 5.13. The minimum atomic E-state index is -0.426. The van der Waals surface area contributed by atoms with Gasteiger partial charge in [0.05, 0.1) is 11.5 Å². The number of ether oxygens (including phenoxy) is 2. The van der Waals surface area contributed by atoms with Gasteiger partial charge in [-0.2, -0.15) is 0 Å². The van der Waals surface area contributed by atoms with E-state index >= 15 is 0 Å². The lowest BCUT2D eigenvalue weighted by molar-refractivity contribution is -0.384. The molecular formula is C12H11NO4. The molecule has 0 aliphatic carbocycles. The molecule has 0 amide bonds. The molecule has 0 unspecified atom stereocenters. The normalized spacial score (nSPS) is 21.8. The fourth-order valence-electron chi connectivity index (χ4n) is 1.58. The molecule has 0 aromatic heterocycles. The van der Waals surface area contributed by atoms with Crippen LogP contribution in [0.15, 0.2) is 24.3 Å². The van der Waals surface area contributed by atoms with Crippen LogP contribution < -0.4 is 0 Å². The average molecular weight is 233 g/mol. The van der Waals surface area contributed by atoms with Gasteiger partial charge in [0.1, 0.15) is 18.8 Å². The molecule has 2 atom stereocenters. The Morgan fingerprint density at radius 3 is 2.76 bits per heavy atom. The fourth-order valence-corrected chi connectivity index (χ4v) is 1.58. The Bertz CT molecular complexity index is 449. The van der Waals surface area contributed by atoms with Gasteiger partial charge >= 0.3 is 0 Å². The number of nitro benzene ring substituents is 1. The van der Waals surface area contributed by atoms with Crippen LogP contribution in [0.5, 0.6) is 0 Å². The standard InChI is InChI=1S/C12H11NO4/c1-2-7-16-8-11-12(17-11)9-3-5-10(6-4-9)13(14)15/h1,3-6,11-12H,7-8H2/t11-,12-/m1/s1. The Kier molecular flexibility index (Phi) is 3.38. The Morgan fingerprint density at radius 2 is 2.18 bits per heavy atom. The van der Waals surface area contributed by atoms with Gasteiger partial charge in [-0.1, -0.05) is 5.92 Å². The summed E-state index contributed by atoms with van der Waals surface area (Å²) in [5, 5.41) is 10.5. The van der Waals surface area contributed by atoms with E-state index in [2.05, 4.69) is 5.92 Å². The third kappa shape index (κ3) is 2.81. The summed E-state index contributed by atoms with van der Waals surface area (Å²) in [5.41, 5.74) is 0.999. The maximum atomic E-state index is 10.5. The number of benzene rings is 1. The first-order valence-electron chi connectivity index (χ1n) is 5.13. The number of hydrogen-bond acceptors (Lipinski definition) is 4. The summed E-state index contributed by atoms with van der Waals surface area (Å²) in [6.07, 6.45) is 5.02. The van der Waals surface area contributed by atoms with E-state index in [1.807, 2.05) is 0 Å². The lowest BCUT2D eigenvalue weighted by Gasteiger charge is -1.97. The number of epoxide rings is 1. The molecule has 17 heavy (non-hydrogen) atoms. The monoisotopic (exact) mass is 233 g/mol. The first kappa shape index (κ1) is 11.6. The minimum Gasteiger partial charge on any atom is -0.366 e. The van der Waals surface area contributed by atoms with Crippen LogP contribution in [0.4, 0.5) is 5.69 Å². The Labute approximate surface area is 98.5 Å². The number of hydrogen-bond donors (Lipinski definition) is 0. The van der Waals surface area contributed by atoms with Gasteiger partial charge in [0.15, 0.2) is 0 Å². The van der Waals surface area contributed by atoms with Crippen molar-refractivity contribution in [3.63, 3.8) is 0 Å². The van der Waals surface area contributed by atoms with Gasteiger partial charge in [-0.05, 0) is 17.7 Å². The Balaban J connectivity index is 1.88. The van der Waals surface area contributed by atoms with Crippen LogP contribution in [0.2, 0.25) is 0 Å². The summed E-state index contributed by atoms with van der Waals surface area (Å²) in [6.45, 7) is 0.721. The quantitative estimate of drug-likeness (QED) is 0.255. The van der Waals surface area contributed by atoms with E-state index in [9.17, 15) is 10.1 Å². The van der Waals surface area contributed by atoms with Crippen molar-refractivity contribution in [3.8, 4) is 12.3 Å². The summed E-state index contributed by atoms with van der Waals surface area (Å²) in [6, 6.07) is 6.33. The highest BCUT2D eigenvalue weighted by atomic mass is 16.6. The largest absolute Gasteiger partial charge is 0.366 e. The second-order valence-electron chi connectivity index (χ2n) is 3.66. The molecule has 1 heterocycles. The van der Waals surface area contributed by atoms with Crippen LogP contribution in [0, 0.1) is 22.5 Å². The molecule has 0 bridgehead atoms. The molecule has 1 saturated heterocycles. The van der Waals surface area contributed by atoms with Crippen molar-refractivity contribution in [2.24, 2.45) is 0 Å². The number of nitro groups is 1. The number of nitrogens with zero attached hydrogens (tertiary/aromatic N) is 1. The van der Waals surface area contributed by atoms with Gasteiger partial charge in [-0.25, -0.2) is 0 Å². The van der Waals surface area contributed by atoms with Crippen molar-refractivity contribution < 1.29 is 14.4 Å². The molecule has 2 rings (SSSR count). The first-order chi connectivity index (χ1) is 8.22.